The zero-order valence-electron chi connectivity index (χ0n) is 9.74. The number of aromatic nitrogens is 1. The van der Waals surface area contributed by atoms with Crippen LogP contribution in [-0.4, -0.2) is 4.98 Å². The maximum Gasteiger partial charge on any atom is 0.126 e. The summed E-state index contributed by atoms with van der Waals surface area (Å²) < 4.78 is 26.2. The lowest BCUT2D eigenvalue weighted by atomic mass is 10.1. The van der Waals surface area contributed by atoms with Gasteiger partial charge in [-0.25, -0.2) is 8.78 Å². The number of hydrogen-bond acceptors (Lipinski definition) is 1. The van der Waals surface area contributed by atoms with Crippen molar-refractivity contribution in [3.63, 3.8) is 0 Å². The summed E-state index contributed by atoms with van der Waals surface area (Å²) in [4.78, 5) is 4.39. The molecule has 0 radical (unpaired) electrons. The molecule has 0 unspecified atom stereocenters. The van der Waals surface area contributed by atoms with E-state index in [2.05, 4.69) is 4.98 Å². The Labute approximate surface area is 99.1 Å². The van der Waals surface area contributed by atoms with E-state index in [0.717, 1.165) is 11.8 Å². The van der Waals surface area contributed by atoms with E-state index in [9.17, 15) is 8.78 Å². The number of halogens is 2. The highest BCUT2D eigenvalue weighted by molar-refractivity contribution is 5.59. The third-order valence-electron chi connectivity index (χ3n) is 2.52. The molecule has 1 nitrogen and oxygen atoms in total. The van der Waals surface area contributed by atoms with Crippen LogP contribution >= 0.6 is 0 Å². The van der Waals surface area contributed by atoms with Crippen LogP contribution in [0, 0.1) is 11.6 Å². The molecule has 0 aliphatic rings. The van der Waals surface area contributed by atoms with Gasteiger partial charge in [0.25, 0.3) is 0 Å². The quantitative estimate of drug-likeness (QED) is 0.759. The first-order chi connectivity index (χ1) is 8.06. The van der Waals surface area contributed by atoms with Crippen molar-refractivity contribution < 1.29 is 8.78 Å². The smallest absolute Gasteiger partial charge is 0.126 e. The Morgan fingerprint density at radius 1 is 1.00 bits per heavy atom. The summed E-state index contributed by atoms with van der Waals surface area (Å²) in [6.45, 7) is 4.05. The van der Waals surface area contributed by atoms with Gasteiger partial charge in [0.15, 0.2) is 0 Å². The summed E-state index contributed by atoms with van der Waals surface area (Å²) >= 11 is 0. The first kappa shape index (κ1) is 11.7. The van der Waals surface area contributed by atoms with Crippen molar-refractivity contribution >= 4 is 0 Å². The fourth-order valence-corrected chi connectivity index (χ4v) is 1.64. The van der Waals surface area contributed by atoms with Gasteiger partial charge >= 0.3 is 0 Å². The average molecular weight is 233 g/mol. The molecule has 0 atom stereocenters. The molecule has 0 saturated carbocycles. The van der Waals surface area contributed by atoms with Gasteiger partial charge in [-0.2, -0.15) is 0 Å². The van der Waals surface area contributed by atoms with Crippen LogP contribution in [0.1, 0.15) is 25.5 Å². The zero-order chi connectivity index (χ0) is 12.4. The molecule has 2 rings (SSSR count). The van der Waals surface area contributed by atoms with E-state index >= 15 is 0 Å². The van der Waals surface area contributed by atoms with Crippen LogP contribution in [0.2, 0.25) is 0 Å². The van der Waals surface area contributed by atoms with Gasteiger partial charge in [-0.05, 0) is 30.2 Å². The lowest BCUT2D eigenvalue weighted by molar-refractivity contribution is 0.584. The summed E-state index contributed by atoms with van der Waals surface area (Å²) in [5, 5.41) is 0. The Balaban J connectivity index is 2.49. The second-order valence-electron chi connectivity index (χ2n) is 4.26. The van der Waals surface area contributed by atoms with Crippen molar-refractivity contribution in [2.75, 3.05) is 0 Å². The van der Waals surface area contributed by atoms with E-state index in [1.54, 1.807) is 6.07 Å². The second kappa shape index (κ2) is 4.62. The van der Waals surface area contributed by atoms with Gasteiger partial charge in [0, 0.05) is 17.3 Å². The lowest BCUT2D eigenvalue weighted by Gasteiger charge is -2.07. The topological polar surface area (TPSA) is 12.9 Å². The molecular formula is C14H13F2N. The molecule has 2 aromatic rings. The van der Waals surface area contributed by atoms with Crippen LogP contribution < -0.4 is 0 Å². The molecule has 0 N–H and O–H groups in total. The van der Waals surface area contributed by atoms with E-state index in [-0.39, 0.29) is 5.92 Å². The van der Waals surface area contributed by atoms with Gasteiger partial charge < -0.3 is 0 Å². The molecule has 1 aromatic heterocycles. The van der Waals surface area contributed by atoms with Crippen LogP contribution in [0.5, 0.6) is 0 Å². The molecule has 1 aromatic carbocycles. The first-order valence-electron chi connectivity index (χ1n) is 5.49. The largest absolute Gasteiger partial charge is 0.253 e. The van der Waals surface area contributed by atoms with Crippen molar-refractivity contribution in [3.8, 4) is 11.3 Å². The average Bonchev–Trinajstić information content (AvgIpc) is 2.28. The minimum absolute atomic E-state index is 0.286. The molecule has 88 valence electrons. The Morgan fingerprint density at radius 3 is 2.24 bits per heavy atom. The molecule has 0 bridgehead atoms. The van der Waals surface area contributed by atoms with Crippen LogP contribution in [0.25, 0.3) is 11.3 Å². The Morgan fingerprint density at radius 2 is 1.65 bits per heavy atom. The SMILES string of the molecule is CC(C)c1cccc(-c2cc(F)cc(F)c2)n1. The van der Waals surface area contributed by atoms with Gasteiger partial charge in [0.2, 0.25) is 0 Å². The van der Waals surface area contributed by atoms with Gasteiger partial charge in [-0.3, -0.25) is 4.98 Å². The van der Waals surface area contributed by atoms with E-state index in [4.69, 9.17) is 0 Å². The minimum Gasteiger partial charge on any atom is -0.253 e. The molecular weight excluding hydrogens is 220 g/mol. The van der Waals surface area contributed by atoms with Gasteiger partial charge in [-0.15, -0.1) is 0 Å². The van der Waals surface area contributed by atoms with Crippen LogP contribution in [-0.2, 0) is 0 Å². The van der Waals surface area contributed by atoms with Crippen LogP contribution in [0.15, 0.2) is 36.4 Å². The highest BCUT2D eigenvalue weighted by Crippen LogP contribution is 2.22. The molecule has 0 saturated heterocycles. The molecule has 0 amide bonds. The molecule has 0 fully saturated rings. The van der Waals surface area contributed by atoms with Crippen molar-refractivity contribution in [2.24, 2.45) is 0 Å². The van der Waals surface area contributed by atoms with E-state index in [1.807, 2.05) is 26.0 Å². The number of pyridine rings is 1. The maximum atomic E-state index is 13.1. The first-order valence-corrected chi connectivity index (χ1v) is 5.49. The predicted octanol–water partition coefficient (Wildman–Crippen LogP) is 4.15. The molecule has 0 spiro atoms. The third-order valence-corrected chi connectivity index (χ3v) is 2.52. The third kappa shape index (κ3) is 2.67. The van der Waals surface area contributed by atoms with Gasteiger partial charge in [0.1, 0.15) is 11.6 Å². The lowest BCUT2D eigenvalue weighted by Crippen LogP contribution is -1.94. The van der Waals surface area contributed by atoms with E-state index < -0.39 is 11.6 Å². The summed E-state index contributed by atoms with van der Waals surface area (Å²) in [7, 11) is 0. The normalized spacial score (nSPS) is 10.9. The summed E-state index contributed by atoms with van der Waals surface area (Å²) in [5.74, 6) is -0.887. The van der Waals surface area contributed by atoms with Crippen molar-refractivity contribution in [2.45, 2.75) is 19.8 Å². The Bertz CT molecular complexity index is 515. The van der Waals surface area contributed by atoms with Gasteiger partial charge in [0.05, 0.1) is 5.69 Å². The maximum absolute atomic E-state index is 13.1. The molecule has 0 aliphatic carbocycles. The van der Waals surface area contributed by atoms with E-state index in [0.29, 0.717) is 11.3 Å². The minimum atomic E-state index is -0.586. The summed E-state index contributed by atoms with van der Waals surface area (Å²) in [5.41, 5.74) is 1.96. The predicted molar refractivity (Wildman–Crippen MR) is 63.7 cm³/mol. The number of hydrogen-bond donors (Lipinski definition) is 0. The van der Waals surface area contributed by atoms with Crippen LogP contribution in [0.4, 0.5) is 8.78 Å². The summed E-state index contributed by atoms with van der Waals surface area (Å²) in [6, 6.07) is 8.94. The standard InChI is InChI=1S/C14H13F2N/c1-9(2)13-4-3-5-14(17-13)10-6-11(15)8-12(16)7-10/h3-9H,1-2H3. The van der Waals surface area contributed by atoms with E-state index in [1.165, 1.54) is 12.1 Å². The monoisotopic (exact) mass is 233 g/mol. The van der Waals surface area contributed by atoms with Gasteiger partial charge in [-0.1, -0.05) is 19.9 Å². The zero-order valence-corrected chi connectivity index (χ0v) is 9.74. The number of rotatable bonds is 2. The summed E-state index contributed by atoms with van der Waals surface area (Å²) in [6.07, 6.45) is 0. The molecule has 1 heterocycles. The number of benzene rings is 1. The highest BCUT2D eigenvalue weighted by Gasteiger charge is 2.06. The molecule has 17 heavy (non-hydrogen) atoms. The highest BCUT2D eigenvalue weighted by atomic mass is 19.1. The van der Waals surface area contributed by atoms with Crippen molar-refractivity contribution in [1.82, 2.24) is 4.98 Å². The molecule has 0 aliphatic heterocycles. The Kier molecular flexibility index (Phi) is 3.18. The number of nitrogens with zero attached hydrogens (tertiary/aromatic N) is 1. The molecule has 3 heteroatoms. The van der Waals surface area contributed by atoms with Crippen molar-refractivity contribution in [1.29, 1.82) is 0 Å². The van der Waals surface area contributed by atoms with Crippen LogP contribution in [0.3, 0.4) is 0 Å². The second-order valence-corrected chi connectivity index (χ2v) is 4.26. The Hall–Kier alpha value is -1.77. The fourth-order valence-electron chi connectivity index (χ4n) is 1.64. The fraction of sp³-hybridized carbons (Fsp3) is 0.214. The van der Waals surface area contributed by atoms with Crippen molar-refractivity contribution in [3.05, 3.63) is 53.7 Å².